The molecule has 0 heterocycles. The van der Waals surface area contributed by atoms with Crippen molar-refractivity contribution in [1.82, 2.24) is 0 Å². The van der Waals surface area contributed by atoms with Gasteiger partial charge in [-0.3, -0.25) is 0 Å². The molecule has 0 saturated heterocycles. The van der Waals surface area contributed by atoms with Crippen LogP contribution in [0.3, 0.4) is 0 Å². The Balaban J connectivity index is 2.68. The van der Waals surface area contributed by atoms with Crippen LogP contribution in [0.25, 0.3) is 0 Å². The van der Waals surface area contributed by atoms with Crippen molar-refractivity contribution in [3.05, 3.63) is 24.3 Å². The predicted molar refractivity (Wildman–Crippen MR) is 43.9 cm³/mol. The second kappa shape index (κ2) is 4.78. The van der Waals surface area contributed by atoms with E-state index in [0.29, 0.717) is 0 Å². The summed E-state index contributed by atoms with van der Waals surface area (Å²) in [6, 6.07) is 5.17. The van der Waals surface area contributed by atoms with Gasteiger partial charge >= 0.3 is 13.9 Å². The molecule has 0 aliphatic carbocycles. The number of hydrogen-bond acceptors (Lipinski definition) is 4. The van der Waals surface area contributed by atoms with Gasteiger partial charge in [0.2, 0.25) is 0 Å². The summed E-state index contributed by atoms with van der Waals surface area (Å²) in [5.41, 5.74) is 0. The zero-order chi connectivity index (χ0) is 10.6. The Hall–Kier alpha value is -1.34. The molecule has 0 aliphatic heterocycles. The Kier molecular flexibility index (Phi) is 3.67. The number of halogens is 2. The second-order valence-corrected chi connectivity index (χ2v) is 2.30. The summed E-state index contributed by atoms with van der Waals surface area (Å²) in [7, 11) is -1.99. The molecule has 14 heavy (non-hydrogen) atoms. The molecule has 0 unspecified atom stereocenters. The molecule has 4 nitrogen and oxygen atoms in total. The minimum absolute atomic E-state index is 0.0261. The highest BCUT2D eigenvalue weighted by molar-refractivity contribution is 6.33. The third-order valence-electron chi connectivity index (χ3n) is 1.27. The van der Waals surface area contributed by atoms with Crippen molar-refractivity contribution in [1.29, 1.82) is 0 Å². The van der Waals surface area contributed by atoms with Crippen LogP contribution in [0.1, 0.15) is 0 Å². The average molecular weight is 204 g/mol. The van der Waals surface area contributed by atoms with Crippen LogP contribution in [0.5, 0.6) is 11.5 Å². The first-order valence-electron chi connectivity index (χ1n) is 3.65. The van der Waals surface area contributed by atoms with E-state index in [4.69, 9.17) is 10.0 Å². The van der Waals surface area contributed by atoms with E-state index in [1.54, 1.807) is 0 Å². The van der Waals surface area contributed by atoms with Gasteiger partial charge < -0.3 is 19.4 Å². The van der Waals surface area contributed by atoms with E-state index in [2.05, 4.69) is 9.39 Å². The maximum Gasteiger partial charge on any atom is 0.707 e. The van der Waals surface area contributed by atoms with E-state index in [9.17, 15) is 8.78 Å². The first kappa shape index (κ1) is 10.7. The van der Waals surface area contributed by atoms with Gasteiger partial charge in [0.1, 0.15) is 11.5 Å². The van der Waals surface area contributed by atoms with E-state index >= 15 is 0 Å². The zero-order valence-electron chi connectivity index (χ0n) is 6.93. The number of alkyl halides is 2. The fraction of sp³-hybridized carbons (Fsp3) is 0.143. The van der Waals surface area contributed by atoms with E-state index in [1.165, 1.54) is 18.2 Å². The van der Waals surface area contributed by atoms with Gasteiger partial charge in [-0.1, -0.05) is 6.07 Å². The van der Waals surface area contributed by atoms with Crippen LogP contribution >= 0.6 is 0 Å². The summed E-state index contributed by atoms with van der Waals surface area (Å²) in [4.78, 5) is 0. The van der Waals surface area contributed by atoms with Crippen LogP contribution in [-0.4, -0.2) is 24.0 Å². The Labute approximate surface area is 78.9 Å². The summed E-state index contributed by atoms with van der Waals surface area (Å²) in [5, 5.41) is 16.8. The Morgan fingerprint density at radius 2 is 1.86 bits per heavy atom. The van der Waals surface area contributed by atoms with Gasteiger partial charge in [-0.15, -0.1) is 0 Å². The summed E-state index contributed by atoms with van der Waals surface area (Å²) in [6.07, 6.45) is 0. The largest absolute Gasteiger partial charge is 0.707 e. The SMILES string of the molecule is OB(O)Oc1cccc(OC(F)F)c1. The zero-order valence-corrected chi connectivity index (χ0v) is 6.93. The fourth-order valence-electron chi connectivity index (χ4n) is 0.845. The van der Waals surface area contributed by atoms with Crippen molar-refractivity contribution < 1.29 is 28.2 Å². The van der Waals surface area contributed by atoms with Gasteiger partial charge in [-0.05, 0) is 12.1 Å². The van der Waals surface area contributed by atoms with Crippen LogP contribution < -0.4 is 9.39 Å². The molecule has 0 saturated carbocycles. The molecule has 0 fully saturated rings. The van der Waals surface area contributed by atoms with Crippen molar-refractivity contribution in [2.24, 2.45) is 0 Å². The van der Waals surface area contributed by atoms with Gasteiger partial charge in [-0.2, -0.15) is 8.78 Å². The van der Waals surface area contributed by atoms with Crippen LogP contribution in [0, 0.1) is 0 Å². The number of rotatable bonds is 4. The van der Waals surface area contributed by atoms with Crippen LogP contribution in [0.15, 0.2) is 24.3 Å². The molecule has 2 N–H and O–H groups in total. The number of benzene rings is 1. The standard InChI is InChI=1S/C7H7BF2O4/c9-7(10)13-5-2-1-3-6(4-5)14-8(11)12/h1-4,7,11-12H. The average Bonchev–Trinajstić information content (AvgIpc) is 2.01. The van der Waals surface area contributed by atoms with Crippen LogP contribution in [0.4, 0.5) is 8.78 Å². The molecular formula is C7H7BF2O4. The lowest BCUT2D eigenvalue weighted by atomic mass is 10.2. The molecule has 7 heteroatoms. The van der Waals surface area contributed by atoms with Gasteiger partial charge in [0.05, 0.1) is 0 Å². The molecule has 0 atom stereocenters. The molecule has 0 radical (unpaired) electrons. The topological polar surface area (TPSA) is 58.9 Å². The van der Waals surface area contributed by atoms with E-state index in [0.717, 1.165) is 6.07 Å². The molecule has 0 amide bonds. The van der Waals surface area contributed by atoms with E-state index in [1.807, 2.05) is 0 Å². The molecule has 0 aliphatic rings. The molecule has 1 aromatic rings. The smallest absolute Gasteiger partial charge is 0.512 e. The summed E-state index contributed by atoms with van der Waals surface area (Å²) in [6.45, 7) is -2.93. The summed E-state index contributed by atoms with van der Waals surface area (Å²) in [5.74, 6) is -0.0868. The van der Waals surface area contributed by atoms with Gasteiger partial charge in [-0.25, -0.2) is 0 Å². The Morgan fingerprint density at radius 3 is 2.43 bits per heavy atom. The normalized spacial score (nSPS) is 10.1. The lowest BCUT2D eigenvalue weighted by molar-refractivity contribution is -0.0498. The fourth-order valence-corrected chi connectivity index (χ4v) is 0.845. The van der Waals surface area contributed by atoms with Gasteiger partial charge in [0.25, 0.3) is 0 Å². The van der Waals surface area contributed by atoms with Crippen molar-refractivity contribution in [3.63, 3.8) is 0 Å². The van der Waals surface area contributed by atoms with Crippen molar-refractivity contribution >= 4 is 7.32 Å². The third-order valence-corrected chi connectivity index (χ3v) is 1.27. The van der Waals surface area contributed by atoms with Gasteiger partial charge in [0.15, 0.2) is 0 Å². The quantitative estimate of drug-likeness (QED) is 0.706. The van der Waals surface area contributed by atoms with Crippen LogP contribution in [-0.2, 0) is 0 Å². The number of hydrogen-bond donors (Lipinski definition) is 2. The minimum Gasteiger partial charge on any atom is -0.512 e. The maximum absolute atomic E-state index is 11.8. The molecule has 0 aromatic heterocycles. The molecule has 0 bridgehead atoms. The first-order valence-corrected chi connectivity index (χ1v) is 3.65. The van der Waals surface area contributed by atoms with Crippen LogP contribution in [0.2, 0.25) is 0 Å². The molecule has 0 spiro atoms. The summed E-state index contributed by atoms with van der Waals surface area (Å²) >= 11 is 0. The van der Waals surface area contributed by atoms with Gasteiger partial charge in [0, 0.05) is 6.07 Å². The highest BCUT2D eigenvalue weighted by Crippen LogP contribution is 2.20. The lowest BCUT2D eigenvalue weighted by Crippen LogP contribution is -2.20. The number of ether oxygens (including phenoxy) is 1. The Morgan fingerprint density at radius 1 is 1.21 bits per heavy atom. The predicted octanol–water partition coefficient (Wildman–Crippen LogP) is 0.636. The summed E-state index contributed by atoms with van der Waals surface area (Å²) < 4.78 is 32.0. The second-order valence-electron chi connectivity index (χ2n) is 2.30. The maximum atomic E-state index is 11.8. The van der Waals surface area contributed by atoms with E-state index in [-0.39, 0.29) is 11.5 Å². The van der Waals surface area contributed by atoms with E-state index < -0.39 is 13.9 Å². The minimum atomic E-state index is -2.93. The molecule has 1 aromatic carbocycles. The van der Waals surface area contributed by atoms with Crippen molar-refractivity contribution in [2.75, 3.05) is 0 Å². The highest BCUT2D eigenvalue weighted by atomic mass is 19.3. The first-order chi connectivity index (χ1) is 6.58. The molecule has 76 valence electrons. The lowest BCUT2D eigenvalue weighted by Gasteiger charge is -2.07. The molecule has 1 rings (SSSR count). The van der Waals surface area contributed by atoms with Crippen molar-refractivity contribution in [3.8, 4) is 11.5 Å². The third kappa shape index (κ3) is 3.59. The van der Waals surface area contributed by atoms with Crippen molar-refractivity contribution in [2.45, 2.75) is 6.61 Å². The molecular weight excluding hydrogens is 197 g/mol. The monoisotopic (exact) mass is 204 g/mol. The Bertz CT molecular complexity index is 270. The highest BCUT2D eigenvalue weighted by Gasteiger charge is 2.12.